The van der Waals surface area contributed by atoms with E-state index in [2.05, 4.69) is 0 Å². The maximum atomic E-state index is 13.1. The van der Waals surface area contributed by atoms with Gasteiger partial charge in [-0.25, -0.2) is 4.39 Å². The van der Waals surface area contributed by atoms with Crippen molar-refractivity contribution in [2.24, 2.45) is 0 Å². The summed E-state index contributed by atoms with van der Waals surface area (Å²) in [4.78, 5) is 13.6. The Hall–Kier alpha value is -2.16. The zero-order chi connectivity index (χ0) is 20.9. The Labute approximate surface area is 168 Å². The highest BCUT2D eigenvalue weighted by Crippen LogP contribution is 2.28. The minimum Gasteiger partial charge on any atom is -0.379 e. The molecule has 2 aromatic carbocycles. The van der Waals surface area contributed by atoms with Crippen molar-refractivity contribution < 1.29 is 26.5 Å². The maximum Gasteiger partial charge on any atom is 0.339 e. The Morgan fingerprint density at radius 3 is 2.39 bits per heavy atom. The first-order valence-corrected chi connectivity index (χ1v) is 10.2. The molecule has 2 aromatic rings. The van der Waals surface area contributed by atoms with E-state index >= 15 is 0 Å². The normalized spacial score (nSPS) is 11.5. The summed E-state index contributed by atoms with van der Waals surface area (Å²) in [6, 6.07) is 8.56. The van der Waals surface area contributed by atoms with Crippen molar-refractivity contribution >= 4 is 27.6 Å². The fourth-order valence-electron chi connectivity index (χ4n) is 2.47. The molecule has 2 rings (SSSR count). The lowest BCUT2D eigenvalue weighted by molar-refractivity contribution is -0.137. The minimum absolute atomic E-state index is 0.0320. The molecule has 0 aliphatic rings. The van der Waals surface area contributed by atoms with Crippen LogP contribution in [0.5, 0.6) is 5.75 Å². The van der Waals surface area contributed by atoms with Crippen molar-refractivity contribution in [2.45, 2.75) is 31.3 Å². The third-order valence-corrected chi connectivity index (χ3v) is 5.36. The first kappa shape index (κ1) is 22.1. The fraction of sp³-hybridized carbons (Fsp3) is 0.316. The van der Waals surface area contributed by atoms with Gasteiger partial charge in [0.05, 0.1) is 0 Å². The lowest BCUT2D eigenvalue weighted by Gasteiger charge is -2.27. The molecule has 1 amide bonds. The molecule has 9 heteroatoms. The van der Waals surface area contributed by atoms with Gasteiger partial charge in [-0.1, -0.05) is 11.6 Å². The Kier molecular flexibility index (Phi) is 7.40. The van der Waals surface area contributed by atoms with E-state index < -0.39 is 15.9 Å². The molecule has 0 heterocycles. The lowest BCUT2D eigenvalue weighted by Crippen LogP contribution is -2.38. The average molecular weight is 430 g/mol. The number of benzene rings is 2. The highest BCUT2D eigenvalue weighted by Gasteiger charge is 2.23. The third-order valence-electron chi connectivity index (χ3n) is 3.88. The molecule has 0 aliphatic carbocycles. The highest BCUT2D eigenvalue weighted by atomic mass is 35.5. The smallest absolute Gasteiger partial charge is 0.339 e. The summed E-state index contributed by atoms with van der Waals surface area (Å²) in [5, 5.41) is 0.365. The number of nitrogens with zero attached hydrogens (tertiary/aromatic N) is 1. The molecule has 28 heavy (non-hydrogen) atoms. The average Bonchev–Trinajstić information content (AvgIpc) is 2.61. The van der Waals surface area contributed by atoms with E-state index in [1.54, 1.807) is 0 Å². The number of hydrogen-bond donors (Lipinski definition) is 0. The van der Waals surface area contributed by atoms with Gasteiger partial charge in [0.25, 0.3) is 0 Å². The molecule has 0 aromatic heterocycles. The summed E-state index contributed by atoms with van der Waals surface area (Å²) < 4.78 is 48.3. The van der Waals surface area contributed by atoms with Crippen LogP contribution >= 0.6 is 11.6 Å². The van der Waals surface area contributed by atoms with Crippen LogP contribution in [0.4, 0.5) is 4.39 Å². The predicted molar refractivity (Wildman–Crippen MR) is 103 cm³/mol. The summed E-state index contributed by atoms with van der Waals surface area (Å²) in [7, 11) is -2.77. The predicted octanol–water partition coefficient (Wildman–Crippen LogP) is 3.63. The molecule has 0 bridgehead atoms. The van der Waals surface area contributed by atoms with Gasteiger partial charge in [-0.3, -0.25) is 4.79 Å². The number of rotatable bonds is 8. The van der Waals surface area contributed by atoms with Crippen LogP contribution in [-0.2, 0) is 26.2 Å². The Morgan fingerprint density at radius 2 is 1.82 bits per heavy atom. The highest BCUT2D eigenvalue weighted by molar-refractivity contribution is 7.87. The van der Waals surface area contributed by atoms with Gasteiger partial charge < -0.3 is 13.8 Å². The zero-order valence-electron chi connectivity index (χ0n) is 15.7. The summed E-state index contributed by atoms with van der Waals surface area (Å²) in [6.07, 6.45) is 0. The first-order chi connectivity index (χ1) is 13.1. The molecular formula is C19H21ClFNO5S. The van der Waals surface area contributed by atoms with Crippen LogP contribution in [0.3, 0.4) is 0 Å². The largest absolute Gasteiger partial charge is 0.379 e. The van der Waals surface area contributed by atoms with E-state index in [9.17, 15) is 17.6 Å². The lowest BCUT2D eigenvalue weighted by atomic mass is 10.1. The summed E-state index contributed by atoms with van der Waals surface area (Å²) in [6.45, 7) is 3.62. The van der Waals surface area contributed by atoms with Crippen LogP contribution in [0.15, 0.2) is 47.4 Å². The zero-order valence-corrected chi connectivity index (χ0v) is 17.3. The molecule has 0 atom stereocenters. The van der Waals surface area contributed by atoms with Crippen LogP contribution in [-0.4, -0.2) is 39.0 Å². The maximum absolute atomic E-state index is 13.1. The van der Waals surface area contributed by atoms with Gasteiger partial charge in [-0.15, -0.1) is 0 Å². The molecular weight excluding hydrogens is 409 g/mol. The topological polar surface area (TPSA) is 72.9 Å². The molecule has 0 saturated heterocycles. The van der Waals surface area contributed by atoms with Crippen LogP contribution in [0.25, 0.3) is 0 Å². The molecule has 0 unspecified atom stereocenters. The van der Waals surface area contributed by atoms with Crippen molar-refractivity contribution in [1.29, 1.82) is 0 Å². The summed E-state index contributed by atoms with van der Waals surface area (Å²) in [5.41, 5.74) is 0.413. The van der Waals surface area contributed by atoms with Gasteiger partial charge in [-0.2, -0.15) is 8.42 Å². The Morgan fingerprint density at radius 1 is 1.18 bits per heavy atom. The van der Waals surface area contributed by atoms with E-state index in [1.807, 2.05) is 13.8 Å². The van der Waals surface area contributed by atoms with Crippen molar-refractivity contribution in [1.82, 2.24) is 4.90 Å². The number of carbonyl (C=O) groups excluding carboxylic acids is 1. The molecule has 0 spiro atoms. The van der Waals surface area contributed by atoms with Crippen LogP contribution in [0, 0.1) is 5.82 Å². The van der Waals surface area contributed by atoms with E-state index in [-0.39, 0.29) is 35.7 Å². The number of hydrogen-bond acceptors (Lipinski definition) is 5. The van der Waals surface area contributed by atoms with Crippen molar-refractivity contribution in [3.63, 3.8) is 0 Å². The third kappa shape index (κ3) is 5.67. The Bertz CT molecular complexity index is 932. The second-order valence-corrected chi connectivity index (χ2v) is 8.27. The van der Waals surface area contributed by atoms with Crippen molar-refractivity contribution in [2.75, 3.05) is 13.7 Å². The van der Waals surface area contributed by atoms with E-state index in [0.717, 1.165) is 24.3 Å². The van der Waals surface area contributed by atoms with Gasteiger partial charge in [0.15, 0.2) is 0 Å². The van der Waals surface area contributed by atoms with E-state index in [4.69, 9.17) is 20.5 Å². The summed E-state index contributed by atoms with van der Waals surface area (Å²) in [5.74, 6) is -0.787. The molecule has 6 nitrogen and oxygen atoms in total. The van der Waals surface area contributed by atoms with Gasteiger partial charge in [0, 0.05) is 30.3 Å². The number of amides is 1. The second-order valence-electron chi connectivity index (χ2n) is 6.29. The van der Waals surface area contributed by atoms with Crippen LogP contribution in [0.2, 0.25) is 5.02 Å². The number of carbonyl (C=O) groups is 1. The SMILES string of the molecule is COCC(=O)N(Cc1cc(Cl)ccc1OS(=O)(=O)c1ccc(F)cc1)C(C)C. The Balaban J connectivity index is 2.36. The van der Waals surface area contributed by atoms with Crippen molar-refractivity contribution in [3.8, 4) is 5.75 Å². The van der Waals surface area contributed by atoms with Crippen molar-refractivity contribution in [3.05, 3.63) is 58.9 Å². The molecule has 0 aliphatic heterocycles. The van der Waals surface area contributed by atoms with E-state index in [0.29, 0.717) is 10.6 Å². The van der Waals surface area contributed by atoms with Gasteiger partial charge >= 0.3 is 10.1 Å². The quantitative estimate of drug-likeness (QED) is 0.599. The second kappa shape index (κ2) is 9.36. The number of halogens is 2. The summed E-state index contributed by atoms with van der Waals surface area (Å²) >= 11 is 6.05. The molecule has 0 radical (unpaired) electrons. The molecule has 0 N–H and O–H groups in total. The molecule has 0 fully saturated rings. The fourth-order valence-corrected chi connectivity index (χ4v) is 3.63. The molecule has 152 valence electrons. The number of ether oxygens (including phenoxy) is 1. The van der Waals surface area contributed by atoms with Crippen LogP contribution in [0.1, 0.15) is 19.4 Å². The van der Waals surface area contributed by atoms with Gasteiger partial charge in [0.2, 0.25) is 5.91 Å². The number of methoxy groups -OCH3 is 1. The standard InChI is InChI=1S/C19H21ClFNO5S/c1-13(2)22(19(23)12-26-3)11-14-10-15(20)4-9-18(14)27-28(24,25)17-7-5-16(21)6-8-17/h4-10,13H,11-12H2,1-3H3. The van der Waals surface area contributed by atoms with E-state index in [1.165, 1.54) is 30.2 Å². The first-order valence-electron chi connectivity index (χ1n) is 8.41. The van der Waals surface area contributed by atoms with Crippen LogP contribution < -0.4 is 4.18 Å². The van der Waals surface area contributed by atoms with Gasteiger partial charge in [-0.05, 0) is 56.3 Å². The van der Waals surface area contributed by atoms with Gasteiger partial charge in [0.1, 0.15) is 23.1 Å². The molecule has 0 saturated carbocycles. The minimum atomic E-state index is -4.19. The monoisotopic (exact) mass is 429 g/mol.